The zero-order valence-corrected chi connectivity index (χ0v) is 10.6. The third-order valence-corrected chi connectivity index (χ3v) is 2.67. The molecule has 1 amide bonds. The SMILES string of the molecule is [N-]=[N+]=NCCCNC(=O)c1cc2ccccc2oc1=O. The Hall–Kier alpha value is -2.79. The van der Waals surface area contributed by atoms with Crippen LogP contribution >= 0.6 is 0 Å². The van der Waals surface area contributed by atoms with Crippen LogP contribution < -0.4 is 10.9 Å². The number of fused-ring (bicyclic) bond motifs is 1. The minimum Gasteiger partial charge on any atom is -0.422 e. The number of amides is 1. The van der Waals surface area contributed by atoms with Crippen LogP contribution in [0.25, 0.3) is 21.4 Å². The van der Waals surface area contributed by atoms with Crippen LogP contribution in [-0.2, 0) is 0 Å². The van der Waals surface area contributed by atoms with Crippen molar-refractivity contribution < 1.29 is 9.21 Å². The smallest absolute Gasteiger partial charge is 0.349 e. The molecule has 2 rings (SSSR count). The quantitative estimate of drug-likeness (QED) is 0.296. The molecule has 1 aromatic heterocycles. The minimum atomic E-state index is -0.670. The lowest BCUT2D eigenvalue weighted by molar-refractivity contribution is 0.0950. The van der Waals surface area contributed by atoms with E-state index in [0.29, 0.717) is 30.5 Å². The molecule has 0 saturated heterocycles. The van der Waals surface area contributed by atoms with E-state index < -0.39 is 11.5 Å². The maximum Gasteiger partial charge on any atom is 0.349 e. The second kappa shape index (κ2) is 6.40. The van der Waals surface area contributed by atoms with Crippen LogP contribution in [0.4, 0.5) is 0 Å². The second-order valence-electron chi connectivity index (χ2n) is 4.05. The van der Waals surface area contributed by atoms with Gasteiger partial charge in [0.15, 0.2) is 0 Å². The first-order valence-electron chi connectivity index (χ1n) is 6.04. The summed E-state index contributed by atoms with van der Waals surface area (Å²) in [5, 5.41) is 6.62. The number of azide groups is 1. The molecule has 0 aliphatic carbocycles. The average molecular weight is 272 g/mol. The van der Waals surface area contributed by atoms with E-state index in [9.17, 15) is 9.59 Å². The fraction of sp³-hybridized carbons (Fsp3) is 0.231. The fourth-order valence-electron chi connectivity index (χ4n) is 1.71. The highest BCUT2D eigenvalue weighted by Gasteiger charge is 2.12. The van der Waals surface area contributed by atoms with Crippen molar-refractivity contribution in [2.45, 2.75) is 6.42 Å². The first kappa shape index (κ1) is 13.6. The van der Waals surface area contributed by atoms with E-state index in [4.69, 9.17) is 9.95 Å². The highest BCUT2D eigenvalue weighted by molar-refractivity contribution is 5.96. The Morgan fingerprint density at radius 2 is 2.20 bits per heavy atom. The molecule has 0 unspecified atom stereocenters. The van der Waals surface area contributed by atoms with Crippen LogP contribution in [0.15, 0.2) is 44.7 Å². The molecule has 102 valence electrons. The number of hydrogen-bond donors (Lipinski definition) is 1. The van der Waals surface area contributed by atoms with Gasteiger partial charge in [0.25, 0.3) is 5.91 Å². The van der Waals surface area contributed by atoms with E-state index >= 15 is 0 Å². The van der Waals surface area contributed by atoms with Crippen molar-refractivity contribution in [3.63, 3.8) is 0 Å². The summed E-state index contributed by atoms with van der Waals surface area (Å²) in [6, 6.07) is 8.48. The molecule has 0 aliphatic rings. The van der Waals surface area contributed by atoms with Gasteiger partial charge in [0, 0.05) is 23.4 Å². The van der Waals surface area contributed by atoms with Crippen molar-refractivity contribution >= 4 is 16.9 Å². The molecule has 0 atom stereocenters. The average Bonchev–Trinajstić information content (AvgIpc) is 2.46. The van der Waals surface area contributed by atoms with E-state index in [1.807, 2.05) is 0 Å². The third kappa shape index (κ3) is 3.15. The third-order valence-electron chi connectivity index (χ3n) is 2.67. The Balaban J connectivity index is 2.11. The largest absolute Gasteiger partial charge is 0.422 e. The van der Waals surface area contributed by atoms with Crippen molar-refractivity contribution in [3.8, 4) is 0 Å². The van der Waals surface area contributed by atoms with Crippen molar-refractivity contribution in [2.75, 3.05) is 13.1 Å². The number of rotatable bonds is 5. The highest BCUT2D eigenvalue weighted by Crippen LogP contribution is 2.12. The monoisotopic (exact) mass is 272 g/mol. The van der Waals surface area contributed by atoms with Gasteiger partial charge in [0.2, 0.25) is 0 Å². The Morgan fingerprint density at radius 1 is 1.40 bits per heavy atom. The zero-order valence-electron chi connectivity index (χ0n) is 10.6. The molecule has 2 aromatic rings. The van der Waals surface area contributed by atoms with Gasteiger partial charge in [-0.3, -0.25) is 4.79 Å². The molecule has 1 aromatic carbocycles. The first-order chi connectivity index (χ1) is 9.72. The van der Waals surface area contributed by atoms with E-state index in [1.54, 1.807) is 24.3 Å². The number of hydrogen-bond acceptors (Lipinski definition) is 4. The second-order valence-corrected chi connectivity index (χ2v) is 4.05. The molecule has 0 saturated carbocycles. The maximum atomic E-state index is 11.9. The Kier molecular flexibility index (Phi) is 4.36. The van der Waals surface area contributed by atoms with E-state index in [0.717, 1.165) is 0 Å². The molecule has 0 bridgehead atoms. The van der Waals surface area contributed by atoms with E-state index in [-0.39, 0.29) is 5.56 Å². The Morgan fingerprint density at radius 3 is 3.00 bits per heavy atom. The van der Waals surface area contributed by atoms with Crippen LogP contribution in [0.1, 0.15) is 16.8 Å². The molecule has 0 radical (unpaired) electrons. The predicted octanol–water partition coefficient (Wildman–Crippen LogP) is 2.22. The number of carbonyl (C=O) groups is 1. The van der Waals surface area contributed by atoms with Gasteiger partial charge in [-0.05, 0) is 24.1 Å². The van der Waals surface area contributed by atoms with E-state index in [1.165, 1.54) is 6.07 Å². The Labute approximate surface area is 113 Å². The summed E-state index contributed by atoms with van der Waals surface area (Å²) in [7, 11) is 0. The summed E-state index contributed by atoms with van der Waals surface area (Å²) in [5.41, 5.74) is 7.84. The van der Waals surface area contributed by atoms with Crippen LogP contribution in [-0.4, -0.2) is 19.0 Å². The lowest BCUT2D eigenvalue weighted by Gasteiger charge is -2.04. The van der Waals surface area contributed by atoms with Crippen molar-refractivity contribution in [1.29, 1.82) is 0 Å². The molecule has 1 heterocycles. The van der Waals surface area contributed by atoms with Gasteiger partial charge < -0.3 is 9.73 Å². The first-order valence-corrected chi connectivity index (χ1v) is 6.04. The molecule has 1 N–H and O–H groups in total. The summed E-state index contributed by atoms with van der Waals surface area (Å²) in [4.78, 5) is 26.2. The topological polar surface area (TPSA) is 108 Å². The maximum absolute atomic E-state index is 11.9. The predicted molar refractivity (Wildman–Crippen MR) is 73.4 cm³/mol. The number of carbonyl (C=O) groups excluding carboxylic acids is 1. The van der Waals surface area contributed by atoms with E-state index in [2.05, 4.69) is 15.3 Å². The highest BCUT2D eigenvalue weighted by atomic mass is 16.4. The number of benzene rings is 1. The van der Waals surface area contributed by atoms with Crippen molar-refractivity contribution in [1.82, 2.24) is 5.32 Å². The summed E-state index contributed by atoms with van der Waals surface area (Å²) >= 11 is 0. The molecule has 0 spiro atoms. The van der Waals surface area contributed by atoms with Gasteiger partial charge in [-0.2, -0.15) is 0 Å². The summed E-state index contributed by atoms with van der Waals surface area (Å²) < 4.78 is 5.08. The molecule has 7 nitrogen and oxygen atoms in total. The lowest BCUT2D eigenvalue weighted by Crippen LogP contribution is -2.29. The number of nitrogens with zero attached hydrogens (tertiary/aromatic N) is 3. The number of para-hydroxylation sites is 1. The van der Waals surface area contributed by atoms with Gasteiger partial charge in [0.1, 0.15) is 11.1 Å². The standard InChI is InChI=1S/C13H12N4O3/c14-17-16-7-3-6-15-12(18)10-8-9-4-1-2-5-11(9)20-13(10)19/h1-2,4-5,8H,3,6-7H2,(H,15,18). The molecule has 7 heteroatoms. The summed E-state index contributed by atoms with van der Waals surface area (Å²) in [6.07, 6.45) is 0.509. The molecular weight excluding hydrogens is 260 g/mol. The van der Waals surface area contributed by atoms with Gasteiger partial charge in [-0.15, -0.1) is 0 Å². The summed E-state index contributed by atoms with van der Waals surface area (Å²) in [6.45, 7) is 0.618. The van der Waals surface area contributed by atoms with Gasteiger partial charge >= 0.3 is 5.63 Å². The van der Waals surface area contributed by atoms with Crippen molar-refractivity contribution in [3.05, 3.63) is 56.8 Å². The summed E-state index contributed by atoms with van der Waals surface area (Å²) in [5.74, 6) is -0.495. The lowest BCUT2D eigenvalue weighted by atomic mass is 10.2. The fourth-order valence-corrected chi connectivity index (χ4v) is 1.71. The van der Waals surface area contributed by atoms with Crippen LogP contribution in [0.5, 0.6) is 0 Å². The van der Waals surface area contributed by atoms with Gasteiger partial charge in [-0.1, -0.05) is 23.3 Å². The minimum absolute atomic E-state index is 0.0347. The van der Waals surface area contributed by atoms with Gasteiger partial charge in [-0.25, -0.2) is 4.79 Å². The van der Waals surface area contributed by atoms with Crippen molar-refractivity contribution in [2.24, 2.45) is 5.11 Å². The van der Waals surface area contributed by atoms with Crippen LogP contribution in [0.3, 0.4) is 0 Å². The molecule has 0 fully saturated rings. The Bertz CT molecular complexity index is 732. The van der Waals surface area contributed by atoms with Crippen LogP contribution in [0.2, 0.25) is 0 Å². The van der Waals surface area contributed by atoms with Crippen LogP contribution in [0, 0.1) is 0 Å². The number of nitrogens with one attached hydrogen (secondary N) is 1. The normalized spacial score (nSPS) is 10.0. The zero-order chi connectivity index (χ0) is 14.4. The molecule has 20 heavy (non-hydrogen) atoms. The van der Waals surface area contributed by atoms with Gasteiger partial charge in [0.05, 0.1) is 0 Å². The molecule has 0 aliphatic heterocycles. The molecular formula is C13H12N4O3.